The number of guanidine groups is 1. The molecule has 0 bridgehead atoms. The molecular formula is C44H58N12O15. The van der Waals surface area contributed by atoms with Gasteiger partial charge in [0.15, 0.2) is 28.7 Å². The molecule has 1 aromatic carbocycles. The number of amides is 3. The Morgan fingerprint density at radius 1 is 0.732 bits per heavy atom. The summed E-state index contributed by atoms with van der Waals surface area (Å²) in [5, 5.41) is 48.5. The number of aromatic nitrogens is 4. The number of H-pyrrole nitrogens is 1. The molecule has 3 aromatic rings. The number of hydrogen-bond donors (Lipinski definition) is 12. The van der Waals surface area contributed by atoms with E-state index in [1.54, 1.807) is 13.8 Å². The number of aromatic amines is 1. The second-order valence-electron chi connectivity index (χ2n) is 16.7. The van der Waals surface area contributed by atoms with Crippen LogP contribution < -0.4 is 44.0 Å². The summed E-state index contributed by atoms with van der Waals surface area (Å²) in [5.41, 5.74) is 16.7. The number of hydrogen-bond acceptors (Lipinski definition) is 17. The number of benzene rings is 1. The molecule has 15 N–H and O–H groups in total. The van der Waals surface area contributed by atoms with Crippen LogP contribution in [0, 0.1) is 17.8 Å². The average Bonchev–Trinajstić information content (AvgIpc) is 3.29. The minimum atomic E-state index is -1.67. The lowest BCUT2D eigenvalue weighted by molar-refractivity contribution is -0.144. The Kier molecular flexibility index (Phi) is 22.1. The van der Waals surface area contributed by atoms with E-state index in [-0.39, 0.29) is 66.9 Å². The lowest BCUT2D eigenvalue weighted by Gasteiger charge is -2.24. The van der Waals surface area contributed by atoms with Gasteiger partial charge in [0, 0.05) is 43.5 Å². The molecule has 0 saturated heterocycles. The van der Waals surface area contributed by atoms with Crippen molar-refractivity contribution >= 4 is 87.7 Å². The van der Waals surface area contributed by atoms with Crippen molar-refractivity contribution in [3.8, 4) is 0 Å². The number of nitrogens with two attached hydrogens (primary N) is 3. The fraction of sp³-hybridized carbons (Fsp3) is 0.477. The predicted octanol–water partition coefficient (Wildman–Crippen LogP) is -0.526. The Bertz CT molecular complexity index is 2550. The van der Waals surface area contributed by atoms with Crippen molar-refractivity contribution in [3.63, 3.8) is 0 Å². The standard InChI is InChI=1S/C44H58N12O15/c1-3-21(2)13-31(58)30(18-35(64)65)54-40(68)24(17-34(62)63)15-32(59)28(5-4-12-48-43(45)46)52-39(67)23(16-33(60)61)14-27(57)10-11-29(42(70)71)53-38(66)22-6-8-25(9-7-22)49-19-26-20-50-37-36(51-26)41(69)56-44(47)55-37/h6-9,20-21,23-24,28-30,49H,3-5,10-19H2,1-2H3,(H,52,67)(H,53,66)(H,54,68)(H,60,61)(H,62,63)(H,64,65)(H,70,71)(H4,45,46,48)(H3,47,50,55,56,69)/t21-,23+,24+,28+,29+,30+/m1/s1. The summed E-state index contributed by atoms with van der Waals surface area (Å²) < 4.78 is 0. The summed E-state index contributed by atoms with van der Waals surface area (Å²) in [7, 11) is 0. The number of nitrogen functional groups attached to an aromatic ring is 1. The zero-order valence-electron chi connectivity index (χ0n) is 38.8. The van der Waals surface area contributed by atoms with E-state index in [1.807, 2.05) is 0 Å². The fourth-order valence-corrected chi connectivity index (χ4v) is 6.94. The number of Topliss-reactive ketones (excluding diaryl/α,β-unsaturated/α-hetero) is 3. The Morgan fingerprint density at radius 2 is 1.32 bits per heavy atom. The molecule has 6 atom stereocenters. The molecule has 0 fully saturated rings. The van der Waals surface area contributed by atoms with Gasteiger partial charge < -0.3 is 58.9 Å². The van der Waals surface area contributed by atoms with E-state index >= 15 is 0 Å². The van der Waals surface area contributed by atoms with Crippen LogP contribution in [0.5, 0.6) is 0 Å². The molecule has 2 heterocycles. The van der Waals surface area contributed by atoms with Crippen LogP contribution in [0.1, 0.15) is 101 Å². The SMILES string of the molecule is CC[C@@H](C)CC(=O)[C@H](CC(=O)O)NC(=O)[C@H](CC(=O)O)CC(=O)[C@H](CCCN=C(N)N)NC(=O)[C@H](CC(=O)O)CC(=O)CC[C@H](NC(=O)c1ccc(NCc2cnc3nc(N)[nH]c(=O)c3n2)cc1)C(=O)O. The number of aliphatic carboxylic acids is 4. The molecule has 0 aliphatic heterocycles. The smallest absolute Gasteiger partial charge is 0.326 e. The van der Waals surface area contributed by atoms with Crippen molar-refractivity contribution in [3.05, 3.63) is 52.1 Å². The van der Waals surface area contributed by atoms with Gasteiger partial charge in [0.25, 0.3) is 11.5 Å². The summed E-state index contributed by atoms with van der Waals surface area (Å²) in [6.07, 6.45) is -3.70. The highest BCUT2D eigenvalue weighted by atomic mass is 16.4. The average molecular weight is 995 g/mol. The van der Waals surface area contributed by atoms with Crippen molar-refractivity contribution < 1.29 is 68.4 Å². The van der Waals surface area contributed by atoms with Gasteiger partial charge in [-0.25, -0.2) is 14.8 Å². The van der Waals surface area contributed by atoms with Gasteiger partial charge >= 0.3 is 23.9 Å². The van der Waals surface area contributed by atoms with Crippen LogP contribution in [-0.2, 0) is 49.7 Å². The van der Waals surface area contributed by atoms with Crippen molar-refractivity contribution in [1.82, 2.24) is 35.9 Å². The van der Waals surface area contributed by atoms with Crippen LogP contribution in [0.15, 0.2) is 40.2 Å². The first-order valence-corrected chi connectivity index (χ1v) is 22.2. The third kappa shape index (κ3) is 19.6. The van der Waals surface area contributed by atoms with E-state index < -0.39 is 139 Å². The summed E-state index contributed by atoms with van der Waals surface area (Å²) in [5.74, 6) is -15.3. The maximum Gasteiger partial charge on any atom is 0.326 e. The molecule has 27 nitrogen and oxygen atoms in total. The third-order valence-corrected chi connectivity index (χ3v) is 10.9. The minimum absolute atomic E-state index is 0.0158. The Hall–Kier alpha value is -8.39. The Labute approximate surface area is 404 Å². The quantitative estimate of drug-likeness (QED) is 0.0213. The fourth-order valence-electron chi connectivity index (χ4n) is 6.94. The molecule has 0 radical (unpaired) electrons. The number of nitrogens with one attached hydrogen (secondary N) is 5. The Morgan fingerprint density at radius 3 is 1.90 bits per heavy atom. The van der Waals surface area contributed by atoms with Gasteiger partial charge in [-0.15, -0.1) is 0 Å². The maximum atomic E-state index is 13.8. The number of carboxylic acids is 4. The summed E-state index contributed by atoms with van der Waals surface area (Å²) in [4.78, 5) is 158. The predicted molar refractivity (Wildman–Crippen MR) is 250 cm³/mol. The number of nitrogens with zero attached hydrogens (tertiary/aromatic N) is 4. The molecule has 71 heavy (non-hydrogen) atoms. The highest BCUT2D eigenvalue weighted by Gasteiger charge is 2.34. The minimum Gasteiger partial charge on any atom is -0.481 e. The highest BCUT2D eigenvalue weighted by molar-refractivity contribution is 5.98. The van der Waals surface area contributed by atoms with Gasteiger partial charge in [0.05, 0.1) is 61.6 Å². The maximum absolute atomic E-state index is 13.8. The number of anilines is 2. The molecule has 2 aromatic heterocycles. The molecule has 0 aliphatic rings. The first-order chi connectivity index (χ1) is 33.4. The van der Waals surface area contributed by atoms with Crippen molar-refractivity contribution in [2.45, 2.75) is 109 Å². The first kappa shape index (κ1) is 56.9. The van der Waals surface area contributed by atoms with Crippen molar-refractivity contribution in [1.29, 1.82) is 0 Å². The molecule has 0 aliphatic carbocycles. The number of carbonyl (C=O) groups excluding carboxylic acids is 6. The van der Waals surface area contributed by atoms with E-state index in [2.05, 4.69) is 46.2 Å². The lowest BCUT2D eigenvalue weighted by Crippen LogP contribution is -2.48. The molecule has 27 heteroatoms. The van der Waals surface area contributed by atoms with Crippen LogP contribution in [0.4, 0.5) is 11.6 Å². The highest BCUT2D eigenvalue weighted by Crippen LogP contribution is 2.19. The van der Waals surface area contributed by atoms with Crippen LogP contribution >= 0.6 is 0 Å². The van der Waals surface area contributed by atoms with Gasteiger partial charge in [-0.2, -0.15) is 4.98 Å². The van der Waals surface area contributed by atoms with Crippen molar-refractivity contribution in [2.75, 3.05) is 17.6 Å². The Balaban J connectivity index is 1.69. The zero-order valence-corrected chi connectivity index (χ0v) is 38.8. The molecule has 0 saturated carbocycles. The van der Waals surface area contributed by atoms with E-state index in [1.165, 1.54) is 30.5 Å². The van der Waals surface area contributed by atoms with Gasteiger partial charge in [-0.1, -0.05) is 20.3 Å². The topological polar surface area (TPSA) is 462 Å². The van der Waals surface area contributed by atoms with E-state index in [0.29, 0.717) is 17.8 Å². The molecule has 384 valence electrons. The van der Waals surface area contributed by atoms with Gasteiger partial charge in [-0.05, 0) is 49.4 Å². The van der Waals surface area contributed by atoms with Gasteiger partial charge in [0.2, 0.25) is 17.8 Å². The van der Waals surface area contributed by atoms with E-state index in [0.717, 1.165) is 0 Å². The number of fused-ring (bicyclic) bond motifs is 1. The molecule has 0 unspecified atom stereocenters. The molecule has 3 amide bonds. The van der Waals surface area contributed by atoms with Crippen LogP contribution in [-0.4, -0.2) is 130 Å². The summed E-state index contributed by atoms with van der Waals surface area (Å²) >= 11 is 0. The second kappa shape index (κ2) is 27.6. The zero-order chi connectivity index (χ0) is 52.9. The molecular weight excluding hydrogens is 937 g/mol. The van der Waals surface area contributed by atoms with Crippen LogP contribution in [0.2, 0.25) is 0 Å². The van der Waals surface area contributed by atoms with Crippen molar-refractivity contribution in [2.24, 2.45) is 34.2 Å². The third-order valence-electron chi connectivity index (χ3n) is 10.9. The monoisotopic (exact) mass is 994 g/mol. The number of carbonyl (C=O) groups is 10. The van der Waals surface area contributed by atoms with Crippen LogP contribution in [0.3, 0.4) is 0 Å². The summed E-state index contributed by atoms with van der Waals surface area (Å²) in [6, 6.07) is 1.10. The van der Waals surface area contributed by atoms with E-state index in [9.17, 15) is 73.2 Å². The van der Waals surface area contributed by atoms with Gasteiger partial charge in [0.1, 0.15) is 11.8 Å². The molecule has 0 spiro atoms. The number of rotatable bonds is 32. The largest absolute Gasteiger partial charge is 0.481 e. The summed E-state index contributed by atoms with van der Waals surface area (Å²) in [6.45, 7) is 3.57. The normalized spacial score (nSPS) is 13.5. The van der Waals surface area contributed by atoms with Gasteiger partial charge in [-0.3, -0.25) is 57.9 Å². The second-order valence-corrected chi connectivity index (χ2v) is 16.7. The number of aliphatic imine (C=N–C) groups is 1. The first-order valence-electron chi connectivity index (χ1n) is 22.2. The number of ketones is 3. The number of carboxylic acid groups (broad SMARTS) is 4. The lowest BCUT2D eigenvalue weighted by atomic mass is 9.90. The van der Waals surface area contributed by atoms with E-state index in [4.69, 9.17) is 17.2 Å². The molecule has 3 rings (SSSR count). The van der Waals surface area contributed by atoms with Crippen LogP contribution in [0.25, 0.3) is 11.2 Å².